The standard InChI is InChI=1S/C14H24N4O2S/c1-3-18-8-6-11(7-9-18)17(2)12-4-5-14(13(15)10-12)21(16,19)20/h4-5,10-11H,3,6-9,15H2,1-2H3,(H2,16,19,20). The molecule has 0 unspecified atom stereocenters. The maximum absolute atomic E-state index is 11.4. The number of hydrogen-bond acceptors (Lipinski definition) is 5. The van der Waals surface area contributed by atoms with E-state index in [2.05, 4.69) is 16.7 Å². The quantitative estimate of drug-likeness (QED) is 0.804. The molecule has 0 aliphatic carbocycles. The molecule has 0 amide bonds. The Bertz CT molecular complexity index is 595. The SMILES string of the molecule is CCN1CCC(N(C)c2ccc(S(N)(=O)=O)c(N)c2)CC1. The summed E-state index contributed by atoms with van der Waals surface area (Å²) in [5, 5.41) is 5.13. The van der Waals surface area contributed by atoms with Gasteiger partial charge in [-0.25, -0.2) is 13.6 Å². The summed E-state index contributed by atoms with van der Waals surface area (Å²) in [5.41, 5.74) is 6.95. The topological polar surface area (TPSA) is 92.7 Å². The number of nitrogens with zero attached hydrogens (tertiary/aromatic N) is 2. The molecule has 7 heteroatoms. The summed E-state index contributed by atoms with van der Waals surface area (Å²) < 4.78 is 22.8. The van der Waals surface area contributed by atoms with Crippen molar-refractivity contribution in [2.24, 2.45) is 5.14 Å². The van der Waals surface area contributed by atoms with Crippen LogP contribution in [0.25, 0.3) is 0 Å². The molecule has 1 fully saturated rings. The maximum atomic E-state index is 11.4. The van der Waals surface area contributed by atoms with E-state index in [0.717, 1.165) is 38.2 Å². The summed E-state index contributed by atoms with van der Waals surface area (Å²) in [4.78, 5) is 4.60. The minimum absolute atomic E-state index is 0.0135. The number of nitrogens with two attached hydrogens (primary N) is 2. The highest BCUT2D eigenvalue weighted by Gasteiger charge is 2.22. The van der Waals surface area contributed by atoms with Gasteiger partial charge in [0.05, 0.1) is 5.69 Å². The van der Waals surface area contributed by atoms with Crippen LogP contribution in [0.3, 0.4) is 0 Å². The molecule has 0 spiro atoms. The molecule has 0 bridgehead atoms. The largest absolute Gasteiger partial charge is 0.398 e. The van der Waals surface area contributed by atoms with Gasteiger partial charge in [-0.15, -0.1) is 0 Å². The fourth-order valence-corrected chi connectivity index (χ4v) is 3.49. The number of benzene rings is 1. The average molecular weight is 312 g/mol. The lowest BCUT2D eigenvalue weighted by molar-refractivity contribution is 0.221. The summed E-state index contributed by atoms with van der Waals surface area (Å²) in [5.74, 6) is 0. The van der Waals surface area contributed by atoms with Crippen molar-refractivity contribution in [1.82, 2.24) is 4.90 Å². The van der Waals surface area contributed by atoms with Gasteiger partial charge >= 0.3 is 0 Å². The molecule has 1 aromatic rings. The van der Waals surface area contributed by atoms with Gasteiger partial charge in [0.25, 0.3) is 0 Å². The van der Waals surface area contributed by atoms with Gasteiger partial charge < -0.3 is 15.5 Å². The second-order valence-corrected chi connectivity index (χ2v) is 7.07. The van der Waals surface area contributed by atoms with E-state index in [9.17, 15) is 8.42 Å². The van der Waals surface area contributed by atoms with E-state index in [-0.39, 0.29) is 10.6 Å². The Labute approximate surface area is 126 Å². The van der Waals surface area contributed by atoms with Gasteiger partial charge in [0.1, 0.15) is 4.90 Å². The van der Waals surface area contributed by atoms with Crippen molar-refractivity contribution < 1.29 is 8.42 Å². The molecule has 0 saturated carbocycles. The zero-order valence-electron chi connectivity index (χ0n) is 12.6. The van der Waals surface area contributed by atoms with Crippen LogP contribution in [0, 0.1) is 0 Å². The first-order valence-corrected chi connectivity index (χ1v) is 8.75. The van der Waals surface area contributed by atoms with Gasteiger partial charge in [0, 0.05) is 31.9 Å². The number of anilines is 2. The first-order chi connectivity index (χ1) is 9.82. The lowest BCUT2D eigenvalue weighted by Gasteiger charge is -2.37. The van der Waals surface area contributed by atoms with E-state index in [0.29, 0.717) is 6.04 Å². The van der Waals surface area contributed by atoms with Gasteiger partial charge in [0.15, 0.2) is 0 Å². The molecular weight excluding hydrogens is 288 g/mol. The minimum atomic E-state index is -3.76. The Morgan fingerprint density at radius 2 is 1.95 bits per heavy atom. The van der Waals surface area contributed by atoms with Gasteiger partial charge in [-0.2, -0.15) is 0 Å². The number of hydrogen-bond donors (Lipinski definition) is 2. The Morgan fingerprint density at radius 3 is 2.43 bits per heavy atom. The van der Waals surface area contributed by atoms with Gasteiger partial charge in [-0.3, -0.25) is 0 Å². The molecule has 1 heterocycles. The Kier molecular flexibility index (Phi) is 4.75. The third-order valence-corrected chi connectivity index (χ3v) is 5.24. The highest BCUT2D eigenvalue weighted by molar-refractivity contribution is 7.89. The van der Waals surface area contributed by atoms with Crippen LogP contribution in [0.5, 0.6) is 0 Å². The molecule has 21 heavy (non-hydrogen) atoms. The predicted molar refractivity (Wildman–Crippen MR) is 85.8 cm³/mol. The number of piperidine rings is 1. The molecule has 118 valence electrons. The molecule has 1 aliphatic rings. The second kappa shape index (κ2) is 6.21. The highest BCUT2D eigenvalue weighted by Crippen LogP contribution is 2.27. The van der Waals surface area contributed by atoms with Crippen molar-refractivity contribution in [1.29, 1.82) is 0 Å². The van der Waals surface area contributed by atoms with Gasteiger partial charge in [-0.05, 0) is 37.6 Å². The van der Waals surface area contributed by atoms with E-state index in [1.165, 1.54) is 6.07 Å². The monoisotopic (exact) mass is 312 g/mol. The van der Waals surface area contributed by atoms with Crippen LogP contribution in [0.4, 0.5) is 11.4 Å². The number of likely N-dealkylation sites (tertiary alicyclic amines) is 1. The molecule has 1 aromatic carbocycles. The summed E-state index contributed by atoms with van der Waals surface area (Å²) in [6.07, 6.45) is 2.20. The first kappa shape index (κ1) is 16.1. The maximum Gasteiger partial charge on any atom is 0.240 e. The van der Waals surface area contributed by atoms with Crippen LogP contribution >= 0.6 is 0 Å². The van der Waals surface area contributed by atoms with Crippen molar-refractivity contribution in [2.45, 2.75) is 30.7 Å². The van der Waals surface area contributed by atoms with Gasteiger partial charge in [-0.1, -0.05) is 6.92 Å². The van der Waals surface area contributed by atoms with E-state index in [1.54, 1.807) is 12.1 Å². The van der Waals surface area contributed by atoms with Crippen LogP contribution in [-0.2, 0) is 10.0 Å². The number of sulfonamides is 1. The number of primary sulfonamides is 1. The van der Waals surface area contributed by atoms with Crippen LogP contribution in [0.2, 0.25) is 0 Å². The fourth-order valence-electron chi connectivity index (χ4n) is 2.85. The highest BCUT2D eigenvalue weighted by atomic mass is 32.2. The normalized spacial score (nSPS) is 17.9. The summed E-state index contributed by atoms with van der Waals surface area (Å²) in [6.45, 7) is 5.45. The molecule has 0 radical (unpaired) electrons. The second-order valence-electron chi connectivity index (χ2n) is 5.54. The summed E-state index contributed by atoms with van der Waals surface area (Å²) in [7, 11) is -1.74. The van der Waals surface area contributed by atoms with Crippen LogP contribution in [0.1, 0.15) is 19.8 Å². The molecule has 1 saturated heterocycles. The fraction of sp³-hybridized carbons (Fsp3) is 0.571. The molecule has 2 rings (SSSR count). The van der Waals surface area contributed by atoms with Crippen molar-refractivity contribution >= 4 is 21.4 Å². The molecular formula is C14H24N4O2S. The predicted octanol–water partition coefficient (Wildman–Crippen LogP) is 0.837. The van der Waals surface area contributed by atoms with Crippen molar-refractivity contribution in [2.75, 3.05) is 37.3 Å². The number of nitrogen functional groups attached to an aromatic ring is 1. The third kappa shape index (κ3) is 3.66. The molecule has 0 atom stereocenters. The molecule has 1 aliphatic heterocycles. The van der Waals surface area contributed by atoms with E-state index < -0.39 is 10.0 Å². The van der Waals surface area contributed by atoms with E-state index in [4.69, 9.17) is 10.9 Å². The minimum Gasteiger partial charge on any atom is -0.398 e. The Morgan fingerprint density at radius 1 is 1.33 bits per heavy atom. The van der Waals surface area contributed by atoms with Crippen LogP contribution in [0.15, 0.2) is 23.1 Å². The average Bonchev–Trinajstić information content (AvgIpc) is 2.45. The van der Waals surface area contributed by atoms with E-state index in [1.807, 2.05) is 7.05 Å². The Balaban J connectivity index is 2.14. The van der Waals surface area contributed by atoms with E-state index >= 15 is 0 Å². The van der Waals surface area contributed by atoms with Crippen LogP contribution in [-0.4, -0.2) is 46.0 Å². The van der Waals surface area contributed by atoms with Crippen molar-refractivity contribution in [3.63, 3.8) is 0 Å². The van der Waals surface area contributed by atoms with Gasteiger partial charge in [0.2, 0.25) is 10.0 Å². The molecule has 4 N–H and O–H groups in total. The summed E-state index contributed by atoms with van der Waals surface area (Å²) in [6, 6.07) is 5.39. The smallest absolute Gasteiger partial charge is 0.240 e. The first-order valence-electron chi connectivity index (χ1n) is 7.20. The third-order valence-electron chi connectivity index (χ3n) is 4.26. The van der Waals surface area contributed by atoms with Crippen LogP contribution < -0.4 is 15.8 Å². The summed E-state index contributed by atoms with van der Waals surface area (Å²) >= 11 is 0. The molecule has 0 aromatic heterocycles. The zero-order chi connectivity index (χ0) is 15.6. The molecule has 6 nitrogen and oxygen atoms in total. The Hall–Kier alpha value is -1.31. The van der Waals surface area contributed by atoms with Crippen molar-refractivity contribution in [3.8, 4) is 0 Å². The number of rotatable bonds is 4. The zero-order valence-corrected chi connectivity index (χ0v) is 13.4. The lowest BCUT2D eigenvalue weighted by atomic mass is 10.0. The lowest BCUT2D eigenvalue weighted by Crippen LogP contribution is -2.43. The van der Waals surface area contributed by atoms with Crippen molar-refractivity contribution in [3.05, 3.63) is 18.2 Å².